The van der Waals surface area contributed by atoms with Gasteiger partial charge in [-0.15, -0.1) is 0 Å². The Kier molecular flexibility index (Phi) is 5.59. The van der Waals surface area contributed by atoms with E-state index < -0.39 is 17.2 Å². The molecule has 0 atom stereocenters. The molecule has 1 aromatic carbocycles. The number of ether oxygens (including phenoxy) is 1. The van der Waals surface area contributed by atoms with Crippen molar-refractivity contribution in [3.05, 3.63) is 34.9 Å². The maximum absolute atomic E-state index is 13.0. The first-order valence-electron chi connectivity index (χ1n) is 6.56. The molecule has 0 aromatic heterocycles. The minimum atomic E-state index is -4.31. The van der Waals surface area contributed by atoms with Crippen LogP contribution in [-0.4, -0.2) is 20.3 Å². The van der Waals surface area contributed by atoms with E-state index in [0.29, 0.717) is 25.3 Å². The molecule has 20 heavy (non-hydrogen) atoms. The fourth-order valence-electron chi connectivity index (χ4n) is 1.98. The number of methoxy groups -OCH3 is 1. The molecule has 5 heteroatoms. The second kappa shape index (κ2) is 6.59. The highest BCUT2D eigenvalue weighted by Gasteiger charge is 2.36. The summed E-state index contributed by atoms with van der Waals surface area (Å²) in [7, 11) is 1.61. The third kappa shape index (κ3) is 4.80. The Morgan fingerprint density at radius 2 is 1.75 bits per heavy atom. The van der Waals surface area contributed by atoms with E-state index in [1.807, 2.05) is 0 Å². The van der Waals surface area contributed by atoms with E-state index in [4.69, 9.17) is 4.74 Å². The van der Waals surface area contributed by atoms with Crippen LogP contribution in [0.5, 0.6) is 0 Å². The maximum Gasteiger partial charge on any atom is 0.416 e. The van der Waals surface area contributed by atoms with Crippen molar-refractivity contribution < 1.29 is 17.9 Å². The van der Waals surface area contributed by atoms with Crippen molar-refractivity contribution in [2.24, 2.45) is 0 Å². The van der Waals surface area contributed by atoms with Crippen LogP contribution in [0.3, 0.4) is 0 Å². The highest BCUT2D eigenvalue weighted by molar-refractivity contribution is 5.38. The molecule has 0 fully saturated rings. The predicted molar refractivity (Wildman–Crippen MR) is 73.7 cm³/mol. The Balaban J connectivity index is 2.97. The van der Waals surface area contributed by atoms with E-state index in [1.54, 1.807) is 33.9 Å². The minimum absolute atomic E-state index is 0.330. The standard InChI is InChI=1S/C15H22F3NO/c1-14(2,3)13-9-11(10-19-7-8-20-4)5-6-12(13)15(16,17)18/h5-6,9,19H,7-8,10H2,1-4H3. The van der Waals surface area contributed by atoms with Gasteiger partial charge in [0, 0.05) is 20.2 Å². The molecule has 2 nitrogen and oxygen atoms in total. The quantitative estimate of drug-likeness (QED) is 0.834. The lowest BCUT2D eigenvalue weighted by Gasteiger charge is -2.25. The van der Waals surface area contributed by atoms with Crippen molar-refractivity contribution >= 4 is 0 Å². The Labute approximate surface area is 118 Å². The van der Waals surface area contributed by atoms with Crippen LogP contribution in [0.15, 0.2) is 18.2 Å². The molecule has 114 valence electrons. The van der Waals surface area contributed by atoms with Gasteiger partial charge < -0.3 is 10.1 Å². The molecule has 0 aliphatic heterocycles. The zero-order valence-electron chi connectivity index (χ0n) is 12.4. The van der Waals surface area contributed by atoms with Crippen LogP contribution in [0.25, 0.3) is 0 Å². The summed E-state index contributed by atoms with van der Waals surface area (Å²) >= 11 is 0. The van der Waals surface area contributed by atoms with Gasteiger partial charge in [0.05, 0.1) is 12.2 Å². The zero-order valence-corrected chi connectivity index (χ0v) is 12.4. The normalized spacial score (nSPS) is 12.8. The number of benzene rings is 1. The van der Waals surface area contributed by atoms with Crippen molar-refractivity contribution in [1.29, 1.82) is 0 Å². The SMILES string of the molecule is COCCNCc1ccc(C(F)(F)F)c(C(C)(C)C)c1. The molecule has 0 bridgehead atoms. The minimum Gasteiger partial charge on any atom is -0.383 e. The van der Waals surface area contributed by atoms with Crippen LogP contribution in [-0.2, 0) is 22.9 Å². The number of alkyl halides is 3. The summed E-state index contributed by atoms with van der Waals surface area (Å²) in [5.74, 6) is 0. The number of hydrogen-bond acceptors (Lipinski definition) is 2. The average molecular weight is 289 g/mol. The smallest absolute Gasteiger partial charge is 0.383 e. The van der Waals surface area contributed by atoms with E-state index in [9.17, 15) is 13.2 Å². The topological polar surface area (TPSA) is 21.3 Å². The van der Waals surface area contributed by atoms with Gasteiger partial charge in [0.15, 0.2) is 0 Å². The van der Waals surface area contributed by atoms with Gasteiger partial charge in [0.25, 0.3) is 0 Å². The largest absolute Gasteiger partial charge is 0.416 e. The van der Waals surface area contributed by atoms with E-state index in [1.165, 1.54) is 12.1 Å². The molecular weight excluding hydrogens is 267 g/mol. The molecule has 0 unspecified atom stereocenters. The summed E-state index contributed by atoms with van der Waals surface area (Å²) in [6.45, 7) is 7.15. The first kappa shape index (κ1) is 17.0. The van der Waals surface area contributed by atoms with Crippen LogP contribution in [0.2, 0.25) is 0 Å². The number of halogens is 3. The van der Waals surface area contributed by atoms with Crippen LogP contribution in [0.4, 0.5) is 13.2 Å². The van der Waals surface area contributed by atoms with E-state index >= 15 is 0 Å². The average Bonchev–Trinajstić information content (AvgIpc) is 2.32. The van der Waals surface area contributed by atoms with Crippen LogP contribution < -0.4 is 5.32 Å². The first-order chi connectivity index (χ1) is 9.16. The third-order valence-electron chi connectivity index (χ3n) is 3.01. The summed E-state index contributed by atoms with van der Waals surface area (Å²) in [4.78, 5) is 0. The zero-order chi connectivity index (χ0) is 15.4. The highest BCUT2D eigenvalue weighted by atomic mass is 19.4. The monoisotopic (exact) mass is 289 g/mol. The Hall–Kier alpha value is -1.07. The molecule has 0 spiro atoms. The van der Waals surface area contributed by atoms with Crippen molar-refractivity contribution in [3.63, 3.8) is 0 Å². The summed E-state index contributed by atoms with van der Waals surface area (Å²) < 4.78 is 44.0. The molecule has 1 aromatic rings. The highest BCUT2D eigenvalue weighted by Crippen LogP contribution is 2.37. The van der Waals surface area contributed by atoms with E-state index in [0.717, 1.165) is 5.56 Å². The number of rotatable bonds is 5. The van der Waals surface area contributed by atoms with Gasteiger partial charge in [-0.2, -0.15) is 13.2 Å². The third-order valence-corrected chi connectivity index (χ3v) is 3.01. The van der Waals surface area contributed by atoms with E-state index in [-0.39, 0.29) is 0 Å². The predicted octanol–water partition coefficient (Wildman–Crippen LogP) is 3.74. The Morgan fingerprint density at radius 3 is 2.25 bits per heavy atom. The molecule has 1 rings (SSSR count). The van der Waals surface area contributed by atoms with Gasteiger partial charge in [-0.3, -0.25) is 0 Å². The maximum atomic E-state index is 13.0. The molecule has 0 saturated heterocycles. The lowest BCUT2D eigenvalue weighted by molar-refractivity contribution is -0.138. The van der Waals surface area contributed by atoms with Crippen molar-refractivity contribution in [2.45, 2.75) is 38.9 Å². The van der Waals surface area contributed by atoms with Crippen molar-refractivity contribution in [3.8, 4) is 0 Å². The summed E-state index contributed by atoms with van der Waals surface area (Å²) in [5.41, 5.74) is 0.0774. The van der Waals surface area contributed by atoms with Crippen molar-refractivity contribution in [1.82, 2.24) is 5.32 Å². The Bertz CT molecular complexity index is 436. The van der Waals surface area contributed by atoms with Crippen LogP contribution in [0.1, 0.15) is 37.5 Å². The molecule has 1 N–H and O–H groups in total. The lowest BCUT2D eigenvalue weighted by atomic mass is 9.82. The molecule has 0 amide bonds. The van der Waals surface area contributed by atoms with Gasteiger partial charge in [0.1, 0.15) is 0 Å². The van der Waals surface area contributed by atoms with Crippen LogP contribution in [0, 0.1) is 0 Å². The van der Waals surface area contributed by atoms with Gasteiger partial charge in [0.2, 0.25) is 0 Å². The molecule has 0 aliphatic carbocycles. The fraction of sp³-hybridized carbons (Fsp3) is 0.600. The number of nitrogens with one attached hydrogen (secondary N) is 1. The molecule has 0 saturated carbocycles. The first-order valence-corrected chi connectivity index (χ1v) is 6.56. The second-order valence-corrected chi connectivity index (χ2v) is 5.80. The second-order valence-electron chi connectivity index (χ2n) is 5.80. The summed E-state index contributed by atoms with van der Waals surface area (Å²) in [5, 5.41) is 3.13. The Morgan fingerprint density at radius 1 is 1.10 bits per heavy atom. The lowest BCUT2D eigenvalue weighted by Crippen LogP contribution is -2.22. The van der Waals surface area contributed by atoms with Crippen molar-refractivity contribution in [2.75, 3.05) is 20.3 Å². The molecule has 0 heterocycles. The van der Waals surface area contributed by atoms with Crippen LogP contribution >= 0.6 is 0 Å². The van der Waals surface area contributed by atoms with Gasteiger partial charge in [-0.1, -0.05) is 32.9 Å². The molecular formula is C15H22F3NO. The van der Waals surface area contributed by atoms with Gasteiger partial charge in [-0.05, 0) is 22.6 Å². The fourth-order valence-corrected chi connectivity index (χ4v) is 1.98. The summed E-state index contributed by atoms with van der Waals surface area (Å²) in [6, 6.07) is 4.34. The van der Waals surface area contributed by atoms with Gasteiger partial charge in [-0.25, -0.2) is 0 Å². The van der Waals surface area contributed by atoms with Gasteiger partial charge >= 0.3 is 6.18 Å². The number of hydrogen-bond donors (Lipinski definition) is 1. The van der Waals surface area contributed by atoms with E-state index in [2.05, 4.69) is 5.32 Å². The summed E-state index contributed by atoms with van der Waals surface area (Å²) in [6.07, 6.45) is -4.31. The molecule has 0 aliphatic rings. The molecule has 0 radical (unpaired) electrons.